The van der Waals surface area contributed by atoms with Gasteiger partial charge in [0.15, 0.2) is 0 Å². The van der Waals surface area contributed by atoms with Crippen molar-refractivity contribution in [3.8, 4) is 0 Å². The van der Waals surface area contributed by atoms with E-state index < -0.39 is 0 Å². The first kappa shape index (κ1) is 19.9. The standard InChI is InChI=1S/C22H30N2O.C3H8/c1-21-9-4-3-5-18(21)19(25)13-15-16-6-7-20(24-12-11-23-14-24)22(16,2)10-8-17(15)21;1-3-2/h7,11-12,14-18H,3-6,8-10,13H2,1-2H3;3H2,1-2H3/t15-,16-,17-,18?,21+,22-;/m0./s1. The fourth-order valence-electron chi connectivity index (χ4n) is 7.44. The van der Waals surface area contributed by atoms with Crippen LogP contribution in [0.4, 0.5) is 0 Å². The number of allylic oxidation sites excluding steroid dienone is 2. The highest BCUT2D eigenvalue weighted by atomic mass is 16.1. The minimum absolute atomic E-state index is 0.208. The van der Waals surface area contributed by atoms with E-state index in [9.17, 15) is 4.79 Å². The monoisotopic (exact) mass is 382 g/mol. The van der Waals surface area contributed by atoms with Crippen LogP contribution >= 0.6 is 0 Å². The number of hydrogen-bond acceptors (Lipinski definition) is 2. The van der Waals surface area contributed by atoms with Gasteiger partial charge in [0.1, 0.15) is 5.78 Å². The van der Waals surface area contributed by atoms with Gasteiger partial charge < -0.3 is 4.57 Å². The third-order valence-electron chi connectivity index (χ3n) is 8.69. The van der Waals surface area contributed by atoms with Gasteiger partial charge in [0.05, 0.1) is 6.33 Å². The first-order chi connectivity index (χ1) is 13.5. The zero-order valence-corrected chi connectivity index (χ0v) is 18.3. The smallest absolute Gasteiger partial charge is 0.136 e. The summed E-state index contributed by atoms with van der Waals surface area (Å²) in [5, 5.41) is 0. The van der Waals surface area contributed by atoms with Gasteiger partial charge in [-0.25, -0.2) is 4.98 Å². The van der Waals surface area contributed by atoms with E-state index in [0.29, 0.717) is 23.5 Å². The number of hydrogen-bond donors (Lipinski definition) is 0. The van der Waals surface area contributed by atoms with E-state index in [-0.39, 0.29) is 10.8 Å². The van der Waals surface area contributed by atoms with Gasteiger partial charge in [-0.2, -0.15) is 0 Å². The Labute approximate surface area is 171 Å². The Morgan fingerprint density at radius 3 is 2.64 bits per heavy atom. The van der Waals surface area contributed by atoms with Crippen LogP contribution in [0.1, 0.15) is 85.5 Å². The zero-order chi connectivity index (χ0) is 19.9. The first-order valence-electron chi connectivity index (χ1n) is 11.7. The second-order valence-corrected chi connectivity index (χ2v) is 10.3. The number of imidazole rings is 1. The van der Waals surface area contributed by atoms with Gasteiger partial charge in [-0.05, 0) is 55.3 Å². The van der Waals surface area contributed by atoms with E-state index >= 15 is 0 Å². The zero-order valence-electron chi connectivity index (χ0n) is 18.3. The number of nitrogens with zero attached hydrogens (tertiary/aromatic N) is 2. The molecule has 0 radical (unpaired) electrons. The van der Waals surface area contributed by atoms with Crippen molar-refractivity contribution in [3.05, 3.63) is 24.8 Å². The number of Topliss-reactive ketones (excluding diaryl/α,β-unsaturated/α-hetero) is 1. The van der Waals surface area contributed by atoms with E-state index in [1.807, 2.05) is 12.5 Å². The molecule has 3 nitrogen and oxygen atoms in total. The first-order valence-corrected chi connectivity index (χ1v) is 11.7. The van der Waals surface area contributed by atoms with Crippen molar-refractivity contribution in [2.45, 2.75) is 85.5 Å². The summed E-state index contributed by atoms with van der Waals surface area (Å²) in [5.74, 6) is 2.91. The molecule has 1 aromatic rings. The molecule has 1 unspecified atom stereocenters. The summed E-state index contributed by atoms with van der Waals surface area (Å²) >= 11 is 0. The van der Waals surface area contributed by atoms with Crippen LogP contribution in [0.2, 0.25) is 0 Å². The maximum absolute atomic E-state index is 13.1. The molecule has 0 N–H and O–H groups in total. The van der Waals surface area contributed by atoms with Crippen LogP contribution in [-0.2, 0) is 4.79 Å². The summed E-state index contributed by atoms with van der Waals surface area (Å²) in [6.07, 6.45) is 19.1. The molecule has 0 aliphatic heterocycles. The van der Waals surface area contributed by atoms with Crippen molar-refractivity contribution in [2.75, 3.05) is 0 Å². The van der Waals surface area contributed by atoms with Crippen LogP contribution < -0.4 is 0 Å². The number of aromatic nitrogens is 2. The van der Waals surface area contributed by atoms with Gasteiger partial charge in [0.25, 0.3) is 0 Å². The summed E-state index contributed by atoms with van der Waals surface area (Å²) in [4.78, 5) is 17.3. The van der Waals surface area contributed by atoms with Crippen LogP contribution in [0.5, 0.6) is 0 Å². The van der Waals surface area contributed by atoms with Crippen LogP contribution in [-0.4, -0.2) is 15.3 Å². The average Bonchev–Trinajstić information content (AvgIpc) is 3.29. The summed E-state index contributed by atoms with van der Waals surface area (Å²) in [5.41, 5.74) is 1.91. The van der Waals surface area contributed by atoms with Gasteiger partial charge in [-0.15, -0.1) is 0 Å². The molecule has 0 bridgehead atoms. The molecule has 0 spiro atoms. The maximum atomic E-state index is 13.1. The minimum Gasteiger partial charge on any atom is -0.310 e. The number of carbonyl (C=O) groups is 1. The van der Waals surface area contributed by atoms with E-state index in [0.717, 1.165) is 25.2 Å². The summed E-state index contributed by atoms with van der Waals surface area (Å²) in [6, 6.07) is 0. The van der Waals surface area contributed by atoms with Crippen LogP contribution in [0, 0.1) is 34.5 Å². The highest BCUT2D eigenvalue weighted by Gasteiger charge is 2.60. The Hall–Kier alpha value is -1.38. The number of fused-ring (bicyclic) bond motifs is 5. The molecular formula is C25H38N2O. The molecule has 154 valence electrons. The molecule has 3 fully saturated rings. The van der Waals surface area contributed by atoms with Crippen molar-refractivity contribution in [1.82, 2.24) is 9.55 Å². The van der Waals surface area contributed by atoms with Crippen LogP contribution in [0.3, 0.4) is 0 Å². The quantitative estimate of drug-likeness (QED) is 0.566. The molecule has 1 heterocycles. The maximum Gasteiger partial charge on any atom is 0.136 e. The highest BCUT2D eigenvalue weighted by Crippen LogP contribution is 2.66. The fourth-order valence-corrected chi connectivity index (χ4v) is 7.44. The summed E-state index contributed by atoms with van der Waals surface area (Å²) < 4.78 is 2.22. The Morgan fingerprint density at radius 1 is 1.14 bits per heavy atom. The van der Waals surface area contributed by atoms with Crippen molar-refractivity contribution < 1.29 is 4.79 Å². The minimum atomic E-state index is 0.208. The molecule has 4 aliphatic rings. The van der Waals surface area contributed by atoms with Gasteiger partial charge in [-0.1, -0.05) is 53.0 Å². The second kappa shape index (κ2) is 7.46. The molecule has 0 aromatic carbocycles. The summed E-state index contributed by atoms with van der Waals surface area (Å²) in [6.45, 7) is 9.17. The van der Waals surface area contributed by atoms with Crippen molar-refractivity contribution in [3.63, 3.8) is 0 Å². The van der Waals surface area contributed by atoms with Crippen molar-refractivity contribution in [2.24, 2.45) is 34.5 Å². The third kappa shape index (κ3) is 2.92. The number of carbonyl (C=O) groups excluding carboxylic acids is 1. The SMILES string of the molecule is CCC.C[C@]12CCCCC1C(=O)C[C@@H]1[C@@H]2CC[C@]2(C)C(n3ccnc3)=CC[C@@H]12. The van der Waals surface area contributed by atoms with Gasteiger partial charge in [0, 0.05) is 35.8 Å². The van der Waals surface area contributed by atoms with E-state index in [2.05, 4.69) is 49.5 Å². The molecule has 5 rings (SSSR count). The fraction of sp³-hybridized carbons (Fsp3) is 0.760. The number of ketones is 1. The molecule has 0 saturated heterocycles. The second-order valence-electron chi connectivity index (χ2n) is 10.3. The predicted octanol–water partition coefficient (Wildman–Crippen LogP) is 6.36. The van der Waals surface area contributed by atoms with Crippen LogP contribution in [0.25, 0.3) is 5.70 Å². The molecule has 6 atom stereocenters. The molecule has 4 aliphatic carbocycles. The molecule has 0 amide bonds. The Morgan fingerprint density at radius 2 is 1.93 bits per heavy atom. The lowest BCUT2D eigenvalue weighted by Gasteiger charge is -2.59. The van der Waals surface area contributed by atoms with E-state index in [4.69, 9.17) is 0 Å². The van der Waals surface area contributed by atoms with Crippen molar-refractivity contribution in [1.29, 1.82) is 0 Å². The molecule has 28 heavy (non-hydrogen) atoms. The Kier molecular flexibility index (Phi) is 5.31. The Balaban J connectivity index is 0.000000604. The van der Waals surface area contributed by atoms with E-state index in [1.54, 1.807) is 0 Å². The molecular weight excluding hydrogens is 344 g/mol. The highest BCUT2D eigenvalue weighted by molar-refractivity contribution is 5.83. The van der Waals surface area contributed by atoms with Crippen LogP contribution in [0.15, 0.2) is 24.8 Å². The normalized spacial score (nSPS) is 41.9. The molecule has 3 saturated carbocycles. The van der Waals surface area contributed by atoms with Crippen molar-refractivity contribution >= 4 is 11.5 Å². The van der Waals surface area contributed by atoms with Gasteiger partial charge in [0.2, 0.25) is 0 Å². The summed E-state index contributed by atoms with van der Waals surface area (Å²) in [7, 11) is 0. The lowest BCUT2D eigenvalue weighted by atomic mass is 9.45. The van der Waals surface area contributed by atoms with Gasteiger partial charge >= 0.3 is 0 Å². The number of rotatable bonds is 1. The van der Waals surface area contributed by atoms with Gasteiger partial charge in [-0.3, -0.25) is 4.79 Å². The lowest BCUT2D eigenvalue weighted by molar-refractivity contribution is -0.150. The topological polar surface area (TPSA) is 34.9 Å². The Bertz CT molecular complexity index is 736. The lowest BCUT2D eigenvalue weighted by Crippen LogP contribution is -2.55. The average molecular weight is 383 g/mol. The predicted molar refractivity (Wildman–Crippen MR) is 115 cm³/mol. The largest absolute Gasteiger partial charge is 0.310 e. The molecule has 1 aromatic heterocycles. The molecule has 3 heteroatoms. The third-order valence-corrected chi connectivity index (χ3v) is 8.69. The van der Waals surface area contributed by atoms with E-state index in [1.165, 1.54) is 44.2 Å².